The molecule has 0 N–H and O–H groups in total. The molecule has 0 radical (unpaired) electrons. The van der Waals surface area contributed by atoms with Gasteiger partial charge in [0.2, 0.25) is 0 Å². The smallest absolute Gasteiger partial charge is 0.159 e. The van der Waals surface area contributed by atoms with E-state index in [1.54, 1.807) is 6.92 Å². The minimum atomic E-state index is 0.0873. The summed E-state index contributed by atoms with van der Waals surface area (Å²) in [6.45, 7) is 1.60. The molecule has 0 aliphatic carbocycles. The molecule has 130 valence electrons. The van der Waals surface area contributed by atoms with Gasteiger partial charge in [-0.2, -0.15) is 0 Å². The van der Waals surface area contributed by atoms with Crippen LogP contribution in [0.1, 0.15) is 17.3 Å². The summed E-state index contributed by atoms with van der Waals surface area (Å²) in [5, 5.41) is 0. The molecule has 0 atom stereocenters. The number of carbonyl (C=O) groups excluding carboxylic acids is 1. The molecule has 0 saturated heterocycles. The van der Waals surface area contributed by atoms with E-state index in [9.17, 15) is 4.79 Å². The van der Waals surface area contributed by atoms with Crippen LogP contribution >= 0.6 is 0 Å². The maximum absolute atomic E-state index is 11.6. The van der Waals surface area contributed by atoms with Gasteiger partial charge in [-0.15, -0.1) is 0 Å². The van der Waals surface area contributed by atoms with E-state index in [4.69, 9.17) is 0 Å². The Balaban J connectivity index is 1.87. The SMILES string of the molecule is CC(=O)c1ccc(-c2ccccc2-c2ccccc2-c2ccccc2)cc1. The molecule has 0 heterocycles. The van der Waals surface area contributed by atoms with Gasteiger partial charge >= 0.3 is 0 Å². The summed E-state index contributed by atoms with van der Waals surface area (Å²) in [7, 11) is 0. The Hall–Kier alpha value is -3.45. The van der Waals surface area contributed by atoms with E-state index >= 15 is 0 Å². The highest BCUT2D eigenvalue weighted by atomic mass is 16.1. The van der Waals surface area contributed by atoms with Crippen molar-refractivity contribution in [3.8, 4) is 33.4 Å². The molecule has 0 spiro atoms. The summed E-state index contributed by atoms with van der Waals surface area (Å²) >= 11 is 0. The Morgan fingerprint density at radius 3 is 1.37 bits per heavy atom. The summed E-state index contributed by atoms with van der Waals surface area (Å²) in [5.74, 6) is 0.0873. The van der Waals surface area contributed by atoms with E-state index in [1.807, 2.05) is 30.3 Å². The van der Waals surface area contributed by atoms with Crippen molar-refractivity contribution in [2.75, 3.05) is 0 Å². The molecule has 4 aromatic carbocycles. The number of ketones is 1. The second-order valence-electron chi connectivity index (χ2n) is 6.59. The number of Topliss-reactive ketones (excluding diaryl/α,β-unsaturated/α-hetero) is 1. The number of carbonyl (C=O) groups is 1. The van der Waals surface area contributed by atoms with Crippen LogP contribution in [0.25, 0.3) is 33.4 Å². The van der Waals surface area contributed by atoms with Gasteiger partial charge in [-0.1, -0.05) is 103 Å². The normalized spacial score (nSPS) is 10.6. The molecule has 27 heavy (non-hydrogen) atoms. The minimum absolute atomic E-state index is 0.0873. The van der Waals surface area contributed by atoms with Crippen LogP contribution in [0.2, 0.25) is 0 Å². The van der Waals surface area contributed by atoms with Crippen molar-refractivity contribution in [1.29, 1.82) is 0 Å². The number of rotatable bonds is 4. The lowest BCUT2D eigenvalue weighted by Gasteiger charge is -2.15. The summed E-state index contributed by atoms with van der Waals surface area (Å²) < 4.78 is 0. The Bertz CT molecular complexity index is 1080. The van der Waals surface area contributed by atoms with E-state index in [2.05, 4.69) is 72.8 Å². The van der Waals surface area contributed by atoms with Gasteiger partial charge in [0.1, 0.15) is 0 Å². The third-order valence-electron chi connectivity index (χ3n) is 4.83. The van der Waals surface area contributed by atoms with Gasteiger partial charge in [-0.05, 0) is 40.3 Å². The van der Waals surface area contributed by atoms with E-state index < -0.39 is 0 Å². The first-order valence-corrected chi connectivity index (χ1v) is 9.09. The lowest BCUT2D eigenvalue weighted by Crippen LogP contribution is -1.92. The van der Waals surface area contributed by atoms with Crippen molar-refractivity contribution in [2.45, 2.75) is 6.92 Å². The lowest BCUT2D eigenvalue weighted by atomic mass is 9.89. The van der Waals surface area contributed by atoms with E-state index in [-0.39, 0.29) is 5.78 Å². The molecule has 4 aromatic rings. The lowest BCUT2D eigenvalue weighted by molar-refractivity contribution is 0.101. The van der Waals surface area contributed by atoms with Crippen molar-refractivity contribution in [2.24, 2.45) is 0 Å². The van der Waals surface area contributed by atoms with Crippen LogP contribution in [0, 0.1) is 0 Å². The molecule has 1 nitrogen and oxygen atoms in total. The Morgan fingerprint density at radius 2 is 0.889 bits per heavy atom. The van der Waals surface area contributed by atoms with Gasteiger partial charge in [0.25, 0.3) is 0 Å². The van der Waals surface area contributed by atoms with Gasteiger partial charge in [0.15, 0.2) is 5.78 Å². The molecule has 4 rings (SSSR count). The van der Waals surface area contributed by atoms with E-state index in [1.165, 1.54) is 22.3 Å². The molecule has 1 heteroatoms. The fourth-order valence-corrected chi connectivity index (χ4v) is 3.44. The first-order chi connectivity index (χ1) is 13.2. The Labute approximate surface area is 159 Å². The van der Waals surface area contributed by atoms with Crippen LogP contribution < -0.4 is 0 Å². The molecule has 0 aromatic heterocycles. The highest BCUT2D eigenvalue weighted by molar-refractivity contribution is 5.95. The third kappa shape index (κ3) is 3.45. The molecule has 0 aliphatic heterocycles. The summed E-state index contributed by atoms with van der Waals surface area (Å²) in [4.78, 5) is 11.6. The van der Waals surface area contributed by atoms with Crippen molar-refractivity contribution in [1.82, 2.24) is 0 Å². The number of hydrogen-bond acceptors (Lipinski definition) is 1. The first kappa shape index (κ1) is 17.0. The molecule has 0 bridgehead atoms. The number of hydrogen-bond donors (Lipinski definition) is 0. The predicted molar refractivity (Wildman–Crippen MR) is 113 cm³/mol. The van der Waals surface area contributed by atoms with Gasteiger partial charge in [-0.25, -0.2) is 0 Å². The highest BCUT2D eigenvalue weighted by Gasteiger charge is 2.12. The maximum atomic E-state index is 11.6. The average Bonchev–Trinajstić information content (AvgIpc) is 2.74. The van der Waals surface area contributed by atoms with Gasteiger partial charge < -0.3 is 0 Å². The summed E-state index contributed by atoms with van der Waals surface area (Å²) in [6.07, 6.45) is 0. The number of benzene rings is 4. The zero-order valence-corrected chi connectivity index (χ0v) is 15.2. The monoisotopic (exact) mass is 348 g/mol. The molecular formula is C26H20O. The molecule has 0 unspecified atom stereocenters. The standard InChI is InChI=1S/C26H20O/c1-19(27)20-15-17-22(18-16-20)24-12-6-8-14-26(24)25-13-7-5-11-23(25)21-9-3-2-4-10-21/h2-18H,1H3. The van der Waals surface area contributed by atoms with Crippen LogP contribution in [0.4, 0.5) is 0 Å². The largest absolute Gasteiger partial charge is 0.295 e. The van der Waals surface area contributed by atoms with Crippen LogP contribution in [-0.4, -0.2) is 5.78 Å². The molecular weight excluding hydrogens is 328 g/mol. The second kappa shape index (κ2) is 7.43. The fourth-order valence-electron chi connectivity index (χ4n) is 3.44. The highest BCUT2D eigenvalue weighted by Crippen LogP contribution is 2.37. The second-order valence-corrected chi connectivity index (χ2v) is 6.59. The predicted octanol–water partition coefficient (Wildman–Crippen LogP) is 6.89. The zero-order valence-electron chi connectivity index (χ0n) is 15.2. The van der Waals surface area contributed by atoms with Crippen molar-refractivity contribution in [3.63, 3.8) is 0 Å². The molecule has 0 saturated carbocycles. The van der Waals surface area contributed by atoms with Crippen LogP contribution in [0.5, 0.6) is 0 Å². The first-order valence-electron chi connectivity index (χ1n) is 9.09. The Morgan fingerprint density at radius 1 is 0.481 bits per heavy atom. The van der Waals surface area contributed by atoms with Crippen LogP contribution in [-0.2, 0) is 0 Å². The van der Waals surface area contributed by atoms with E-state index in [0.29, 0.717) is 0 Å². The van der Waals surface area contributed by atoms with Crippen molar-refractivity contribution in [3.05, 3.63) is 109 Å². The van der Waals surface area contributed by atoms with Crippen molar-refractivity contribution >= 4 is 5.78 Å². The zero-order chi connectivity index (χ0) is 18.6. The van der Waals surface area contributed by atoms with E-state index in [0.717, 1.165) is 16.7 Å². The topological polar surface area (TPSA) is 17.1 Å². The fraction of sp³-hybridized carbons (Fsp3) is 0.0385. The summed E-state index contributed by atoms with van der Waals surface area (Å²) in [5.41, 5.74) is 7.82. The van der Waals surface area contributed by atoms with Crippen LogP contribution in [0.15, 0.2) is 103 Å². The molecule has 0 fully saturated rings. The average molecular weight is 348 g/mol. The van der Waals surface area contributed by atoms with Gasteiger partial charge in [0, 0.05) is 5.56 Å². The Kier molecular flexibility index (Phi) is 4.67. The van der Waals surface area contributed by atoms with Gasteiger partial charge in [0.05, 0.1) is 0 Å². The quantitative estimate of drug-likeness (QED) is 0.367. The minimum Gasteiger partial charge on any atom is -0.295 e. The molecule has 0 amide bonds. The summed E-state index contributed by atoms with van der Waals surface area (Å²) in [6, 6.07) is 35.2. The molecule has 0 aliphatic rings. The maximum Gasteiger partial charge on any atom is 0.159 e. The van der Waals surface area contributed by atoms with Gasteiger partial charge in [-0.3, -0.25) is 4.79 Å². The van der Waals surface area contributed by atoms with Crippen LogP contribution in [0.3, 0.4) is 0 Å². The van der Waals surface area contributed by atoms with Crippen molar-refractivity contribution < 1.29 is 4.79 Å². The third-order valence-corrected chi connectivity index (χ3v) is 4.83.